The summed E-state index contributed by atoms with van der Waals surface area (Å²) in [5.74, 6) is -2.74. The number of nitrogens with two attached hydrogens (primary N) is 1. The fourth-order valence-corrected chi connectivity index (χ4v) is 4.89. The van der Waals surface area contributed by atoms with Crippen LogP contribution >= 0.6 is 31.9 Å². The average molecular weight is 760 g/mol. The molecule has 0 fully saturated rings. The van der Waals surface area contributed by atoms with Gasteiger partial charge in [-0.1, -0.05) is 44.0 Å². The molecule has 0 radical (unpaired) electrons. The molecule has 14 nitrogen and oxygen atoms in total. The van der Waals surface area contributed by atoms with Gasteiger partial charge in [0, 0.05) is 22.8 Å². The van der Waals surface area contributed by atoms with Crippen molar-refractivity contribution in [3.8, 4) is 11.4 Å². The van der Waals surface area contributed by atoms with Crippen LogP contribution in [0.5, 0.6) is 0 Å². The highest BCUT2D eigenvalue weighted by atomic mass is 79.9. The maximum atomic E-state index is 12.2. The van der Waals surface area contributed by atoms with Crippen LogP contribution in [-0.4, -0.2) is 69.1 Å². The van der Waals surface area contributed by atoms with E-state index in [1.54, 1.807) is 56.3 Å². The summed E-state index contributed by atoms with van der Waals surface area (Å²) in [7, 11) is 0. The number of nitrogens with zero attached hydrogens (tertiary/aromatic N) is 5. The molecule has 0 aliphatic carbocycles. The van der Waals surface area contributed by atoms with Gasteiger partial charge in [-0.3, -0.25) is 19.2 Å². The summed E-state index contributed by atoms with van der Waals surface area (Å²) in [6, 6.07) is 14.0. The molecule has 2 N–H and O–H groups in total. The summed E-state index contributed by atoms with van der Waals surface area (Å²) in [6.07, 6.45) is 0.880. The van der Waals surface area contributed by atoms with E-state index in [4.69, 9.17) is 15.2 Å². The van der Waals surface area contributed by atoms with Crippen LogP contribution in [0.2, 0.25) is 0 Å². The Bertz CT molecular complexity index is 1800. The van der Waals surface area contributed by atoms with E-state index in [1.807, 2.05) is 6.07 Å². The van der Waals surface area contributed by atoms with Crippen LogP contribution in [0.15, 0.2) is 57.5 Å². The molecule has 0 unspecified atom stereocenters. The number of esters is 2. The molecule has 240 valence electrons. The summed E-state index contributed by atoms with van der Waals surface area (Å²) in [5, 5.41) is 8.22. The number of ether oxygens (including phenoxy) is 2. The van der Waals surface area contributed by atoms with Crippen LogP contribution in [0.3, 0.4) is 0 Å². The van der Waals surface area contributed by atoms with Gasteiger partial charge in [0.25, 0.3) is 0 Å². The Kier molecular flexibility index (Phi) is 12.2. The van der Waals surface area contributed by atoms with Crippen LogP contribution in [0.25, 0.3) is 11.4 Å². The minimum atomic E-state index is -0.823. The molecule has 2 heterocycles. The minimum absolute atomic E-state index is 0.0309. The lowest BCUT2D eigenvalue weighted by molar-refractivity contribution is -0.124. The van der Waals surface area contributed by atoms with E-state index < -0.39 is 23.8 Å². The van der Waals surface area contributed by atoms with Gasteiger partial charge in [-0.05, 0) is 50.2 Å². The van der Waals surface area contributed by atoms with Crippen molar-refractivity contribution < 1.29 is 38.2 Å². The van der Waals surface area contributed by atoms with Gasteiger partial charge in [0.1, 0.15) is 5.82 Å². The third kappa shape index (κ3) is 7.81. The number of aromatic nitrogens is 4. The Morgan fingerprint density at radius 2 is 1.22 bits per heavy atom. The maximum Gasteiger partial charge on any atom is 0.359 e. The van der Waals surface area contributed by atoms with E-state index in [0.29, 0.717) is 28.4 Å². The molecular formula is C30H28Br2N6O8. The Morgan fingerprint density at radius 3 is 1.63 bits per heavy atom. The molecule has 0 spiro atoms. The van der Waals surface area contributed by atoms with Crippen molar-refractivity contribution in [2.75, 3.05) is 23.8 Å². The number of halogens is 2. The van der Waals surface area contributed by atoms with Gasteiger partial charge >= 0.3 is 11.9 Å². The molecule has 0 bridgehead atoms. The zero-order chi connectivity index (χ0) is 34.1. The maximum absolute atomic E-state index is 12.2. The summed E-state index contributed by atoms with van der Waals surface area (Å²) < 4.78 is 13.9. The van der Waals surface area contributed by atoms with Crippen LogP contribution in [0, 0.1) is 0 Å². The highest BCUT2D eigenvalue weighted by molar-refractivity contribution is 9.10. The van der Waals surface area contributed by atoms with Crippen LogP contribution in [0.4, 0.5) is 11.6 Å². The number of hydrogen-bond donors (Lipinski definition) is 1. The summed E-state index contributed by atoms with van der Waals surface area (Å²) in [5.41, 5.74) is 6.43. The lowest BCUT2D eigenvalue weighted by Gasteiger charge is -2.19. The molecule has 0 saturated heterocycles. The summed E-state index contributed by atoms with van der Waals surface area (Å²) in [4.78, 5) is 71.6. The molecule has 46 heavy (non-hydrogen) atoms. The van der Waals surface area contributed by atoms with E-state index in [1.165, 1.54) is 23.2 Å². The molecule has 2 aromatic heterocycles. The Balaban J connectivity index is 0.000000259. The molecule has 16 heteroatoms. The summed E-state index contributed by atoms with van der Waals surface area (Å²) >= 11 is 6.66. The quantitative estimate of drug-likeness (QED) is 0.184. The van der Waals surface area contributed by atoms with Gasteiger partial charge < -0.3 is 15.2 Å². The number of rotatable bonds is 9. The van der Waals surface area contributed by atoms with Gasteiger partial charge in [0.2, 0.25) is 11.8 Å². The first-order valence-corrected chi connectivity index (χ1v) is 15.1. The first-order valence-electron chi connectivity index (χ1n) is 13.5. The van der Waals surface area contributed by atoms with Gasteiger partial charge in [-0.2, -0.15) is 10.2 Å². The van der Waals surface area contributed by atoms with E-state index >= 15 is 0 Å². The van der Waals surface area contributed by atoms with E-state index in [0.717, 1.165) is 9.37 Å². The standard InChI is InChI=1S/C17H16BrN3O5.C13H12BrN3O3/c1-4-26-17(25)15-14(9-22)16(20(10(2)23)11(3)24)21(19-15)13-7-5-6-12(18)8-13;1-2-20-13(19)11-10(7-18)12(15)17(16-11)9-5-3-4-8(14)6-9/h5-9H,4H2,1-3H3;3-7H,2,15H2,1H3. The van der Waals surface area contributed by atoms with Crippen molar-refractivity contribution in [2.45, 2.75) is 27.7 Å². The second kappa shape index (κ2) is 15.9. The Hall–Kier alpha value is -4.96. The smallest absolute Gasteiger partial charge is 0.359 e. The molecular weight excluding hydrogens is 732 g/mol. The number of anilines is 2. The largest absolute Gasteiger partial charge is 0.461 e. The number of carbonyl (C=O) groups is 6. The minimum Gasteiger partial charge on any atom is -0.461 e. The van der Waals surface area contributed by atoms with Crippen molar-refractivity contribution >= 4 is 79.8 Å². The van der Waals surface area contributed by atoms with Crippen molar-refractivity contribution in [3.63, 3.8) is 0 Å². The normalized spacial score (nSPS) is 10.3. The third-order valence-corrected chi connectivity index (χ3v) is 6.96. The molecule has 4 aromatic rings. The summed E-state index contributed by atoms with van der Waals surface area (Å²) in [6.45, 7) is 5.92. The first-order chi connectivity index (χ1) is 21.9. The monoisotopic (exact) mass is 758 g/mol. The zero-order valence-corrected chi connectivity index (χ0v) is 28.2. The van der Waals surface area contributed by atoms with Gasteiger partial charge in [0.15, 0.2) is 29.8 Å². The number of aldehydes is 2. The number of benzene rings is 2. The molecule has 2 aromatic carbocycles. The predicted octanol–water partition coefficient (Wildman–Crippen LogP) is 4.73. The highest BCUT2D eigenvalue weighted by Gasteiger charge is 2.32. The van der Waals surface area contributed by atoms with Gasteiger partial charge in [-0.15, -0.1) is 0 Å². The lowest BCUT2D eigenvalue weighted by Crippen LogP contribution is -2.35. The Morgan fingerprint density at radius 1 is 0.783 bits per heavy atom. The lowest BCUT2D eigenvalue weighted by atomic mass is 10.2. The number of amides is 2. The second-order valence-electron chi connectivity index (χ2n) is 9.07. The number of nitrogen functional groups attached to an aromatic ring is 1. The SMILES string of the molecule is CCOC(=O)c1nn(-c2cccc(Br)c2)c(N(C(C)=O)C(C)=O)c1C=O.CCOC(=O)c1nn(-c2cccc(Br)c2)c(N)c1C=O. The third-order valence-electron chi connectivity index (χ3n) is 5.98. The van der Waals surface area contributed by atoms with Gasteiger partial charge in [0.05, 0.1) is 35.7 Å². The highest BCUT2D eigenvalue weighted by Crippen LogP contribution is 2.29. The Labute approximate surface area is 279 Å². The number of carbonyl (C=O) groups excluding carboxylic acids is 6. The van der Waals surface area contributed by atoms with E-state index in [2.05, 4.69) is 42.1 Å². The second-order valence-corrected chi connectivity index (χ2v) is 10.9. The molecule has 4 rings (SSSR count). The average Bonchev–Trinajstić information content (AvgIpc) is 3.55. The van der Waals surface area contributed by atoms with Crippen LogP contribution in [0.1, 0.15) is 69.4 Å². The number of hydrogen-bond acceptors (Lipinski definition) is 11. The predicted molar refractivity (Wildman–Crippen MR) is 173 cm³/mol. The van der Waals surface area contributed by atoms with Crippen molar-refractivity contribution in [1.29, 1.82) is 0 Å². The fraction of sp³-hybridized carbons (Fsp3) is 0.200. The van der Waals surface area contributed by atoms with Crippen molar-refractivity contribution in [2.24, 2.45) is 0 Å². The van der Waals surface area contributed by atoms with E-state index in [9.17, 15) is 28.8 Å². The van der Waals surface area contributed by atoms with Crippen LogP contribution in [-0.2, 0) is 19.1 Å². The molecule has 0 aliphatic heterocycles. The molecule has 0 aliphatic rings. The fourth-order valence-electron chi connectivity index (χ4n) is 4.12. The number of imide groups is 1. The van der Waals surface area contributed by atoms with Crippen molar-refractivity contribution in [3.05, 3.63) is 80.0 Å². The van der Waals surface area contributed by atoms with E-state index in [-0.39, 0.29) is 47.4 Å². The van der Waals surface area contributed by atoms with Crippen LogP contribution < -0.4 is 10.6 Å². The first kappa shape index (κ1) is 35.5. The molecule has 2 amide bonds. The zero-order valence-electron chi connectivity index (χ0n) is 25.0. The topological polar surface area (TPSA) is 186 Å². The molecule has 0 atom stereocenters. The van der Waals surface area contributed by atoms with Crippen molar-refractivity contribution in [1.82, 2.24) is 19.6 Å². The van der Waals surface area contributed by atoms with Gasteiger partial charge in [-0.25, -0.2) is 23.9 Å². The molecule has 0 saturated carbocycles.